The summed E-state index contributed by atoms with van der Waals surface area (Å²) in [6.07, 6.45) is 2.98. The number of ether oxygens (including phenoxy) is 1. The molecule has 1 aliphatic carbocycles. The van der Waals surface area contributed by atoms with Crippen molar-refractivity contribution in [1.82, 2.24) is 24.8 Å². The molecule has 2 N–H and O–H groups in total. The fraction of sp³-hybridized carbons (Fsp3) is 0.538. The topological polar surface area (TPSA) is 127 Å². The molecule has 0 unspecified atom stereocenters. The van der Waals surface area contributed by atoms with E-state index >= 15 is 0 Å². The minimum atomic E-state index is -0.615. The second-order valence-corrected chi connectivity index (χ2v) is 11.2. The molecule has 1 aromatic carbocycles. The smallest absolute Gasteiger partial charge is 0.411 e. The quantitative estimate of drug-likeness (QED) is 0.502. The maximum Gasteiger partial charge on any atom is 0.411 e. The summed E-state index contributed by atoms with van der Waals surface area (Å²) in [5, 5.41) is 33.1. The third-order valence-electron chi connectivity index (χ3n) is 7.06. The van der Waals surface area contributed by atoms with E-state index in [4.69, 9.17) is 20.9 Å². The number of rotatable bonds is 4. The minimum Gasteiger partial charge on any atom is -0.444 e. The molecule has 37 heavy (non-hydrogen) atoms. The summed E-state index contributed by atoms with van der Waals surface area (Å²) in [4.78, 5) is 14.6. The molecule has 1 amide bonds. The van der Waals surface area contributed by atoms with Crippen molar-refractivity contribution < 1.29 is 24.3 Å². The second kappa shape index (κ2) is 10.1. The Labute approximate surface area is 220 Å². The third kappa shape index (κ3) is 5.10. The highest BCUT2D eigenvalue weighted by atomic mass is 35.5. The van der Waals surface area contributed by atoms with Gasteiger partial charge in [0.2, 0.25) is 0 Å². The predicted octanol–water partition coefficient (Wildman–Crippen LogP) is 4.59. The Hall–Kier alpha value is -2.95. The van der Waals surface area contributed by atoms with Gasteiger partial charge in [0, 0.05) is 22.4 Å². The first-order valence-electron chi connectivity index (χ1n) is 12.6. The Balaban J connectivity index is 1.42. The average Bonchev–Trinajstić information content (AvgIpc) is 3.43. The van der Waals surface area contributed by atoms with E-state index < -0.39 is 11.7 Å². The third-order valence-corrected chi connectivity index (χ3v) is 7.30. The molecule has 2 aromatic heterocycles. The first-order valence-corrected chi connectivity index (χ1v) is 13.0. The van der Waals surface area contributed by atoms with Gasteiger partial charge in [0.25, 0.3) is 0 Å². The van der Waals surface area contributed by atoms with Gasteiger partial charge >= 0.3 is 6.09 Å². The zero-order chi connectivity index (χ0) is 26.3. The van der Waals surface area contributed by atoms with Gasteiger partial charge in [0.05, 0.1) is 31.1 Å². The lowest BCUT2D eigenvalue weighted by Crippen LogP contribution is -2.35. The summed E-state index contributed by atoms with van der Waals surface area (Å²) < 4.78 is 13.0. The van der Waals surface area contributed by atoms with Gasteiger partial charge in [-0.2, -0.15) is 0 Å². The van der Waals surface area contributed by atoms with Crippen molar-refractivity contribution in [3.05, 3.63) is 57.5 Å². The van der Waals surface area contributed by atoms with E-state index in [-0.39, 0.29) is 31.6 Å². The first kappa shape index (κ1) is 25.7. The van der Waals surface area contributed by atoms with Crippen molar-refractivity contribution in [3.8, 4) is 5.69 Å². The number of amides is 1. The highest BCUT2D eigenvalue weighted by molar-refractivity contribution is 6.30. The van der Waals surface area contributed by atoms with Crippen LogP contribution in [-0.4, -0.2) is 46.7 Å². The van der Waals surface area contributed by atoms with E-state index in [0.717, 1.165) is 48.5 Å². The van der Waals surface area contributed by atoms with Gasteiger partial charge in [-0.25, -0.2) is 4.79 Å². The fourth-order valence-electron chi connectivity index (χ4n) is 5.34. The fourth-order valence-corrected chi connectivity index (χ4v) is 5.54. The Kier molecular flexibility index (Phi) is 6.99. The molecular weight excluding hydrogens is 498 g/mol. The van der Waals surface area contributed by atoms with Gasteiger partial charge in [0.15, 0.2) is 11.6 Å². The Morgan fingerprint density at radius 1 is 1.11 bits per heavy atom. The summed E-state index contributed by atoms with van der Waals surface area (Å²) in [6.45, 7) is 5.66. The van der Waals surface area contributed by atoms with Crippen LogP contribution in [0.5, 0.6) is 0 Å². The van der Waals surface area contributed by atoms with E-state index in [2.05, 4.69) is 19.9 Å². The minimum absolute atomic E-state index is 0.141. The van der Waals surface area contributed by atoms with Crippen molar-refractivity contribution in [2.24, 2.45) is 0 Å². The summed E-state index contributed by atoms with van der Waals surface area (Å²) in [7, 11) is 0. The molecule has 198 valence electrons. The van der Waals surface area contributed by atoms with Crippen molar-refractivity contribution in [1.29, 1.82) is 0 Å². The van der Waals surface area contributed by atoms with Gasteiger partial charge in [-0.05, 0) is 70.2 Å². The normalized spacial score (nSPS) is 19.8. The van der Waals surface area contributed by atoms with Crippen LogP contribution in [-0.2, 0) is 31.0 Å². The molecule has 0 radical (unpaired) electrons. The summed E-state index contributed by atoms with van der Waals surface area (Å²) in [5.74, 6) is 2.17. The van der Waals surface area contributed by atoms with Crippen LogP contribution in [0.2, 0.25) is 5.02 Å². The van der Waals surface area contributed by atoms with Crippen LogP contribution in [0.4, 0.5) is 4.79 Å². The lowest BCUT2D eigenvalue weighted by molar-refractivity contribution is 0.0214. The molecule has 1 aliphatic heterocycles. The van der Waals surface area contributed by atoms with Crippen LogP contribution in [0.25, 0.3) is 5.69 Å². The molecule has 0 atom stereocenters. The zero-order valence-corrected chi connectivity index (χ0v) is 22.0. The van der Waals surface area contributed by atoms with Crippen LogP contribution >= 0.6 is 11.6 Å². The average molecular weight is 530 g/mol. The van der Waals surface area contributed by atoms with Crippen LogP contribution < -0.4 is 0 Å². The maximum atomic E-state index is 13.0. The molecule has 0 saturated heterocycles. The van der Waals surface area contributed by atoms with Crippen molar-refractivity contribution in [2.45, 2.75) is 90.2 Å². The molecule has 2 aliphatic rings. The molecule has 0 spiro atoms. The molecule has 0 bridgehead atoms. The van der Waals surface area contributed by atoms with Crippen LogP contribution in [0.15, 0.2) is 22.7 Å². The molecule has 11 heteroatoms. The number of halogens is 1. The Bertz CT molecular complexity index is 1290. The molecular formula is C26H32ClN5O5. The molecule has 10 nitrogen and oxygen atoms in total. The predicted molar refractivity (Wildman–Crippen MR) is 134 cm³/mol. The van der Waals surface area contributed by atoms with Gasteiger partial charge in [-0.1, -0.05) is 16.8 Å². The van der Waals surface area contributed by atoms with E-state index in [0.29, 0.717) is 28.7 Å². The van der Waals surface area contributed by atoms with Crippen molar-refractivity contribution in [2.75, 3.05) is 0 Å². The number of hydrogen-bond donors (Lipinski definition) is 2. The number of benzene rings is 1. The van der Waals surface area contributed by atoms with Gasteiger partial charge in [-0.3, -0.25) is 9.47 Å². The lowest BCUT2D eigenvalue weighted by atomic mass is 9.79. The number of aromatic nitrogens is 4. The molecule has 3 heterocycles. The van der Waals surface area contributed by atoms with Gasteiger partial charge < -0.3 is 19.5 Å². The zero-order valence-electron chi connectivity index (χ0n) is 21.3. The number of carbonyl (C=O) groups is 1. The van der Waals surface area contributed by atoms with Crippen LogP contribution in [0, 0.1) is 0 Å². The second-order valence-electron chi connectivity index (χ2n) is 10.8. The highest BCUT2D eigenvalue weighted by Crippen LogP contribution is 2.42. The molecule has 3 aromatic rings. The summed E-state index contributed by atoms with van der Waals surface area (Å²) in [6, 6.07) is 5.68. The largest absolute Gasteiger partial charge is 0.444 e. The molecule has 1 fully saturated rings. The number of aliphatic hydroxyl groups excluding tert-OH is 2. The molecule has 1 saturated carbocycles. The van der Waals surface area contributed by atoms with E-state index in [1.807, 2.05) is 39.0 Å². The SMILES string of the molecule is CC(C)(C)OC(=O)N1Cc2cc(Cl)ccc2-n2c(nnc2C2CCC(c3noc(CO)c3CO)CC2)C1. The van der Waals surface area contributed by atoms with Crippen molar-refractivity contribution in [3.63, 3.8) is 0 Å². The number of fused-ring (bicyclic) bond motifs is 3. The van der Waals surface area contributed by atoms with Gasteiger partial charge in [0.1, 0.15) is 18.0 Å². The monoisotopic (exact) mass is 529 g/mol. The first-order chi connectivity index (χ1) is 17.7. The van der Waals surface area contributed by atoms with Crippen molar-refractivity contribution >= 4 is 17.7 Å². The van der Waals surface area contributed by atoms with Crippen LogP contribution in [0.3, 0.4) is 0 Å². The standard InChI is InChI=1S/C26H32ClN5O5/c1-26(2,3)36-25(35)31-11-17-10-18(27)8-9-20(17)32-22(12-31)28-29-24(32)16-6-4-15(5-7-16)23-19(13-33)21(14-34)37-30-23/h8-10,15-16,33-34H,4-7,11-14H2,1-3H3. The lowest BCUT2D eigenvalue weighted by Gasteiger charge is -2.27. The Morgan fingerprint density at radius 3 is 2.51 bits per heavy atom. The number of nitrogens with zero attached hydrogens (tertiary/aromatic N) is 5. The maximum absolute atomic E-state index is 13.0. The summed E-state index contributed by atoms with van der Waals surface area (Å²) >= 11 is 6.34. The van der Waals surface area contributed by atoms with Crippen LogP contribution in [0.1, 0.15) is 92.5 Å². The highest BCUT2D eigenvalue weighted by Gasteiger charge is 2.34. The van der Waals surface area contributed by atoms with E-state index in [1.54, 1.807) is 4.90 Å². The molecule has 5 rings (SSSR count). The summed E-state index contributed by atoms with van der Waals surface area (Å²) in [5.41, 5.74) is 2.53. The number of carbonyl (C=O) groups excluding carboxylic acids is 1. The van der Waals surface area contributed by atoms with Gasteiger partial charge in [-0.15, -0.1) is 10.2 Å². The Morgan fingerprint density at radius 2 is 1.84 bits per heavy atom. The van der Waals surface area contributed by atoms with E-state index in [1.165, 1.54) is 0 Å². The number of hydrogen-bond acceptors (Lipinski definition) is 8. The number of aliphatic hydroxyl groups is 2. The van der Waals surface area contributed by atoms with E-state index in [9.17, 15) is 15.0 Å².